The number of carboxylic acids is 1. The lowest BCUT2D eigenvalue weighted by molar-refractivity contribution is -0.142. The Labute approximate surface area is 219 Å². The molecule has 1 aromatic heterocycles. The van der Waals surface area contributed by atoms with Gasteiger partial charge < -0.3 is 37.5 Å². The predicted octanol–water partition coefficient (Wildman–Crippen LogP) is -0.572. The van der Waals surface area contributed by atoms with Crippen LogP contribution in [0.2, 0.25) is 0 Å². The van der Waals surface area contributed by atoms with Crippen LogP contribution in [0, 0.1) is 5.92 Å². The van der Waals surface area contributed by atoms with Crippen molar-refractivity contribution in [2.24, 2.45) is 17.4 Å². The lowest BCUT2D eigenvalue weighted by Crippen LogP contribution is -2.58. The first-order chi connectivity index (χ1) is 17.4. The Bertz CT molecular complexity index is 1140. The van der Waals surface area contributed by atoms with E-state index in [1.165, 1.54) is 0 Å². The molecule has 1 aromatic carbocycles. The minimum Gasteiger partial charge on any atom is -0.480 e. The quantitative estimate of drug-likeness (QED) is 0.148. The summed E-state index contributed by atoms with van der Waals surface area (Å²) in [5.41, 5.74) is 12.4. The van der Waals surface area contributed by atoms with Gasteiger partial charge in [0.25, 0.3) is 0 Å². The Kier molecular flexibility index (Phi) is 10.9. The van der Waals surface area contributed by atoms with Gasteiger partial charge in [-0.2, -0.15) is 12.6 Å². The summed E-state index contributed by atoms with van der Waals surface area (Å²) in [4.78, 5) is 64.7. The highest BCUT2D eigenvalue weighted by Gasteiger charge is 2.32. The van der Waals surface area contributed by atoms with E-state index in [2.05, 4.69) is 33.6 Å². The number of nitrogens with two attached hydrogens (primary N) is 2. The van der Waals surface area contributed by atoms with E-state index in [1.807, 2.05) is 24.3 Å². The summed E-state index contributed by atoms with van der Waals surface area (Å²) < 4.78 is 0. The first kappa shape index (κ1) is 29.6. The average Bonchev–Trinajstić information content (AvgIpc) is 3.26. The Hall–Kier alpha value is -3.58. The van der Waals surface area contributed by atoms with Gasteiger partial charge in [-0.15, -0.1) is 0 Å². The summed E-state index contributed by atoms with van der Waals surface area (Å²) >= 11 is 3.98. The molecule has 1 heterocycles. The van der Waals surface area contributed by atoms with Crippen LogP contribution < -0.4 is 27.4 Å². The predicted molar refractivity (Wildman–Crippen MR) is 141 cm³/mol. The fourth-order valence-electron chi connectivity index (χ4n) is 3.69. The van der Waals surface area contributed by atoms with Gasteiger partial charge in [-0.1, -0.05) is 32.0 Å². The minimum absolute atomic E-state index is 0.0200. The van der Waals surface area contributed by atoms with E-state index < -0.39 is 53.8 Å². The number of aliphatic carboxylic acids is 1. The Morgan fingerprint density at radius 2 is 1.65 bits per heavy atom. The molecule has 0 aliphatic carbocycles. The summed E-state index contributed by atoms with van der Waals surface area (Å²) in [6, 6.07) is 2.76. The first-order valence-corrected chi connectivity index (χ1v) is 12.4. The topological polar surface area (TPSA) is 209 Å². The number of thiol groups is 1. The average molecular weight is 535 g/mol. The third kappa shape index (κ3) is 8.50. The summed E-state index contributed by atoms with van der Waals surface area (Å²) in [6.45, 7) is 3.38. The summed E-state index contributed by atoms with van der Waals surface area (Å²) in [6.07, 6.45) is 1.25. The van der Waals surface area contributed by atoms with Gasteiger partial charge in [-0.25, -0.2) is 4.79 Å². The summed E-state index contributed by atoms with van der Waals surface area (Å²) in [7, 11) is 0. The molecule has 0 bridgehead atoms. The number of carbonyl (C=O) groups is 5. The van der Waals surface area contributed by atoms with Gasteiger partial charge in [0, 0.05) is 35.7 Å². The van der Waals surface area contributed by atoms with E-state index >= 15 is 0 Å². The van der Waals surface area contributed by atoms with Crippen LogP contribution in [0.3, 0.4) is 0 Å². The van der Waals surface area contributed by atoms with Gasteiger partial charge >= 0.3 is 5.97 Å². The van der Waals surface area contributed by atoms with Gasteiger partial charge in [-0.05, 0) is 24.0 Å². The fraction of sp³-hybridized carbons (Fsp3) is 0.458. The zero-order chi connectivity index (χ0) is 27.7. The third-order valence-electron chi connectivity index (χ3n) is 5.81. The largest absolute Gasteiger partial charge is 0.480 e. The second-order valence-corrected chi connectivity index (χ2v) is 9.41. The zero-order valence-electron chi connectivity index (χ0n) is 20.7. The van der Waals surface area contributed by atoms with E-state index in [-0.39, 0.29) is 30.9 Å². The Morgan fingerprint density at radius 3 is 2.24 bits per heavy atom. The van der Waals surface area contributed by atoms with Crippen LogP contribution in [-0.2, 0) is 30.4 Å². The molecule has 0 radical (unpaired) electrons. The van der Waals surface area contributed by atoms with Gasteiger partial charge in [0.15, 0.2) is 0 Å². The standard InChI is InChI=1S/C24H34N6O6S/c1-12(2)20(30-21(32)15(25)11-37)23(34)28-17(7-8-19(26)31)22(33)29-18(24(35)36)9-13-10-27-16-6-4-3-5-14(13)16/h3-6,10,12,15,17-18,20,27,37H,7-9,11,25H2,1-2H3,(H2,26,31)(H,28,34)(H,29,33)(H,30,32)(H,35,36). The zero-order valence-corrected chi connectivity index (χ0v) is 21.6. The molecule has 2 aromatic rings. The Balaban J connectivity index is 2.19. The van der Waals surface area contributed by atoms with Gasteiger partial charge in [0.1, 0.15) is 18.1 Å². The second-order valence-electron chi connectivity index (χ2n) is 9.05. The normalized spacial score (nSPS) is 14.4. The van der Waals surface area contributed by atoms with E-state index in [4.69, 9.17) is 11.5 Å². The number of benzene rings is 1. The number of aromatic nitrogens is 1. The van der Waals surface area contributed by atoms with Crippen molar-refractivity contribution in [3.63, 3.8) is 0 Å². The van der Waals surface area contributed by atoms with E-state index in [1.54, 1.807) is 20.0 Å². The van der Waals surface area contributed by atoms with E-state index in [0.29, 0.717) is 5.56 Å². The molecule has 0 aliphatic heterocycles. The molecule has 0 aliphatic rings. The van der Waals surface area contributed by atoms with Crippen LogP contribution in [0.5, 0.6) is 0 Å². The molecule has 0 spiro atoms. The smallest absolute Gasteiger partial charge is 0.326 e. The molecule has 0 fully saturated rings. The first-order valence-electron chi connectivity index (χ1n) is 11.8. The monoisotopic (exact) mass is 534 g/mol. The highest BCUT2D eigenvalue weighted by atomic mass is 32.1. The molecular weight excluding hydrogens is 500 g/mol. The molecular formula is C24H34N6O6S. The van der Waals surface area contributed by atoms with Crippen LogP contribution in [0.4, 0.5) is 0 Å². The van der Waals surface area contributed by atoms with E-state index in [0.717, 1.165) is 10.9 Å². The van der Waals surface area contributed by atoms with Crippen LogP contribution in [0.25, 0.3) is 10.9 Å². The number of primary amides is 1. The van der Waals surface area contributed by atoms with Crippen LogP contribution in [0.15, 0.2) is 30.5 Å². The molecule has 12 nitrogen and oxygen atoms in total. The highest BCUT2D eigenvalue weighted by Crippen LogP contribution is 2.19. The molecule has 4 unspecified atom stereocenters. The molecule has 13 heteroatoms. The molecule has 4 amide bonds. The molecule has 0 saturated carbocycles. The number of fused-ring (bicyclic) bond motifs is 1. The summed E-state index contributed by atoms with van der Waals surface area (Å²) in [5.74, 6) is -4.36. The number of rotatable bonds is 14. The Morgan fingerprint density at radius 1 is 1.00 bits per heavy atom. The van der Waals surface area contributed by atoms with Gasteiger partial charge in [0.05, 0.1) is 6.04 Å². The molecule has 202 valence electrons. The number of H-pyrrole nitrogens is 1. The van der Waals surface area contributed by atoms with Crippen LogP contribution in [0.1, 0.15) is 32.3 Å². The second kappa shape index (κ2) is 13.7. The number of aromatic amines is 1. The van der Waals surface area contributed by atoms with E-state index in [9.17, 15) is 29.1 Å². The van der Waals surface area contributed by atoms with Crippen LogP contribution >= 0.6 is 12.6 Å². The van der Waals surface area contributed by atoms with Crippen molar-refractivity contribution in [3.8, 4) is 0 Å². The van der Waals surface area contributed by atoms with Gasteiger partial charge in [-0.3, -0.25) is 19.2 Å². The molecule has 37 heavy (non-hydrogen) atoms. The van der Waals surface area contributed by atoms with Crippen molar-refractivity contribution in [3.05, 3.63) is 36.0 Å². The third-order valence-corrected chi connectivity index (χ3v) is 6.20. The molecule has 0 saturated heterocycles. The van der Waals surface area contributed by atoms with Crippen molar-refractivity contribution in [2.45, 2.75) is 57.3 Å². The van der Waals surface area contributed by atoms with Crippen molar-refractivity contribution in [2.75, 3.05) is 5.75 Å². The maximum absolute atomic E-state index is 13.1. The number of carbonyl (C=O) groups excluding carboxylic acids is 4. The number of amides is 4. The van der Waals surface area contributed by atoms with Crippen molar-refractivity contribution in [1.29, 1.82) is 0 Å². The number of hydrogen-bond acceptors (Lipinski definition) is 7. The number of para-hydroxylation sites is 1. The van der Waals surface area contributed by atoms with Gasteiger partial charge in [0.2, 0.25) is 23.6 Å². The number of hydrogen-bond donors (Lipinski definition) is 8. The molecule has 2 rings (SSSR count). The van der Waals surface area contributed by atoms with Crippen molar-refractivity contribution >= 4 is 53.1 Å². The maximum atomic E-state index is 13.1. The van der Waals surface area contributed by atoms with Crippen molar-refractivity contribution < 1.29 is 29.1 Å². The van der Waals surface area contributed by atoms with Crippen molar-refractivity contribution in [1.82, 2.24) is 20.9 Å². The number of nitrogens with one attached hydrogen (secondary N) is 4. The number of carboxylic acid groups (broad SMARTS) is 1. The maximum Gasteiger partial charge on any atom is 0.326 e. The molecule has 9 N–H and O–H groups in total. The SMILES string of the molecule is CC(C)C(NC(=O)C(N)CS)C(=O)NC(CCC(N)=O)C(=O)NC(Cc1c[nH]c2ccccc12)C(=O)O. The lowest BCUT2D eigenvalue weighted by Gasteiger charge is -2.26. The fourth-order valence-corrected chi connectivity index (χ4v) is 3.85. The van der Waals surface area contributed by atoms with Crippen LogP contribution in [-0.4, -0.2) is 69.6 Å². The minimum atomic E-state index is -1.31. The highest BCUT2D eigenvalue weighted by molar-refractivity contribution is 7.80. The lowest BCUT2D eigenvalue weighted by atomic mass is 10.0. The summed E-state index contributed by atoms with van der Waals surface area (Å²) in [5, 5.41) is 18.1. The molecule has 4 atom stereocenters.